The second-order valence-electron chi connectivity index (χ2n) is 9.11. The van der Waals surface area contributed by atoms with Crippen LogP contribution in [0.2, 0.25) is 0 Å². The third kappa shape index (κ3) is 5.62. The molecule has 1 atom stereocenters. The molecule has 1 heterocycles. The van der Waals surface area contributed by atoms with Gasteiger partial charge in [-0.25, -0.2) is 4.68 Å². The fourth-order valence-electron chi connectivity index (χ4n) is 4.19. The van der Waals surface area contributed by atoms with Crippen molar-refractivity contribution in [2.45, 2.75) is 25.9 Å². The van der Waals surface area contributed by atoms with E-state index in [0.717, 1.165) is 11.1 Å². The Morgan fingerprint density at radius 2 is 1.61 bits per heavy atom. The van der Waals surface area contributed by atoms with Gasteiger partial charge in [-0.2, -0.15) is 0 Å². The molecule has 9 heteroatoms. The average Bonchev–Trinajstić information content (AvgIpc) is 2.93. The van der Waals surface area contributed by atoms with Crippen molar-refractivity contribution in [1.82, 2.24) is 14.7 Å². The number of amides is 1. The van der Waals surface area contributed by atoms with Crippen molar-refractivity contribution in [1.29, 1.82) is 0 Å². The Morgan fingerprint density at radius 1 is 0.947 bits per heavy atom. The molecule has 0 bridgehead atoms. The second-order valence-corrected chi connectivity index (χ2v) is 9.11. The maximum Gasteiger partial charge on any atom is 0.291 e. The number of hydrogen-bond donors (Lipinski definition) is 4. The lowest BCUT2D eigenvalue weighted by molar-refractivity contribution is 0.0824. The van der Waals surface area contributed by atoms with Crippen LogP contribution in [0.3, 0.4) is 0 Å². The SMILES string of the molecule is CC[C@@H](Nc1c(Nc2cccc(C(=O)N(C)C)c2O)c(=O)n(Cc2ccccc2)[nH]c1=O)c1ccccc1. The molecule has 0 saturated heterocycles. The van der Waals surface area contributed by atoms with Crippen LogP contribution < -0.4 is 21.8 Å². The fraction of sp³-hybridized carbons (Fsp3) is 0.207. The molecule has 0 aliphatic heterocycles. The number of aromatic nitrogens is 2. The zero-order valence-corrected chi connectivity index (χ0v) is 21.6. The van der Waals surface area contributed by atoms with Crippen molar-refractivity contribution in [3.8, 4) is 5.75 Å². The highest BCUT2D eigenvalue weighted by molar-refractivity contribution is 5.98. The van der Waals surface area contributed by atoms with E-state index in [4.69, 9.17) is 0 Å². The average molecular weight is 514 g/mol. The van der Waals surface area contributed by atoms with Gasteiger partial charge >= 0.3 is 0 Å². The van der Waals surface area contributed by atoms with Crippen LogP contribution in [0.25, 0.3) is 0 Å². The summed E-state index contributed by atoms with van der Waals surface area (Å²) in [5.41, 5.74) is 0.981. The minimum absolute atomic E-state index is 0.0381. The molecule has 0 unspecified atom stereocenters. The molecule has 1 aromatic heterocycles. The fourth-order valence-corrected chi connectivity index (χ4v) is 4.19. The molecule has 9 nitrogen and oxygen atoms in total. The number of hydrogen-bond acceptors (Lipinski definition) is 6. The number of rotatable bonds is 9. The summed E-state index contributed by atoms with van der Waals surface area (Å²) in [6, 6.07) is 23.3. The normalized spacial score (nSPS) is 11.6. The van der Waals surface area contributed by atoms with Crippen molar-refractivity contribution < 1.29 is 9.90 Å². The summed E-state index contributed by atoms with van der Waals surface area (Å²) in [6.45, 7) is 2.12. The summed E-state index contributed by atoms with van der Waals surface area (Å²) in [4.78, 5) is 41.0. The summed E-state index contributed by atoms with van der Waals surface area (Å²) in [6.07, 6.45) is 0.647. The number of phenolic OH excluding ortho intramolecular Hbond substituents is 1. The largest absolute Gasteiger partial charge is 0.505 e. The molecule has 3 aromatic carbocycles. The number of aromatic amines is 1. The number of phenols is 1. The van der Waals surface area contributed by atoms with E-state index in [-0.39, 0.29) is 41.0 Å². The van der Waals surface area contributed by atoms with Gasteiger partial charge in [0.25, 0.3) is 17.0 Å². The van der Waals surface area contributed by atoms with Crippen LogP contribution in [0.4, 0.5) is 17.1 Å². The molecule has 0 aliphatic carbocycles. The number of anilines is 3. The van der Waals surface area contributed by atoms with E-state index in [1.165, 1.54) is 15.6 Å². The van der Waals surface area contributed by atoms with Crippen LogP contribution in [-0.4, -0.2) is 39.8 Å². The maximum atomic E-state index is 13.7. The van der Waals surface area contributed by atoms with E-state index in [9.17, 15) is 19.5 Å². The first-order valence-electron chi connectivity index (χ1n) is 12.3. The number of para-hydroxylation sites is 1. The molecule has 0 fully saturated rings. The van der Waals surface area contributed by atoms with E-state index < -0.39 is 17.0 Å². The van der Waals surface area contributed by atoms with E-state index in [2.05, 4.69) is 15.7 Å². The lowest BCUT2D eigenvalue weighted by Gasteiger charge is -2.22. The van der Waals surface area contributed by atoms with Gasteiger partial charge in [-0.3, -0.25) is 19.5 Å². The van der Waals surface area contributed by atoms with Crippen LogP contribution in [0.15, 0.2) is 88.5 Å². The van der Waals surface area contributed by atoms with Crippen molar-refractivity contribution in [2.75, 3.05) is 24.7 Å². The molecule has 0 radical (unpaired) electrons. The number of nitrogens with one attached hydrogen (secondary N) is 3. The van der Waals surface area contributed by atoms with Crippen LogP contribution >= 0.6 is 0 Å². The van der Waals surface area contributed by atoms with Crippen LogP contribution in [0, 0.1) is 0 Å². The van der Waals surface area contributed by atoms with E-state index in [1.807, 2.05) is 67.6 Å². The predicted octanol–water partition coefficient (Wildman–Crippen LogP) is 4.30. The molecule has 4 rings (SSSR count). The van der Waals surface area contributed by atoms with Crippen LogP contribution in [0.1, 0.15) is 40.9 Å². The van der Waals surface area contributed by atoms with Crippen molar-refractivity contribution in [3.05, 3.63) is 116 Å². The number of aromatic hydroxyl groups is 1. The smallest absolute Gasteiger partial charge is 0.291 e. The van der Waals surface area contributed by atoms with E-state index >= 15 is 0 Å². The molecule has 38 heavy (non-hydrogen) atoms. The Balaban J connectivity index is 1.83. The number of nitrogens with zero attached hydrogens (tertiary/aromatic N) is 2. The lowest BCUT2D eigenvalue weighted by atomic mass is 10.0. The van der Waals surface area contributed by atoms with Crippen LogP contribution in [0.5, 0.6) is 5.75 Å². The predicted molar refractivity (Wildman–Crippen MR) is 149 cm³/mol. The van der Waals surface area contributed by atoms with Gasteiger partial charge in [-0.05, 0) is 29.7 Å². The molecule has 4 aromatic rings. The van der Waals surface area contributed by atoms with Gasteiger partial charge in [0.05, 0.1) is 23.8 Å². The number of H-pyrrole nitrogens is 1. The van der Waals surface area contributed by atoms with Crippen molar-refractivity contribution >= 4 is 23.0 Å². The van der Waals surface area contributed by atoms with Gasteiger partial charge in [-0.1, -0.05) is 73.7 Å². The zero-order valence-electron chi connectivity index (χ0n) is 21.6. The first kappa shape index (κ1) is 26.3. The Kier molecular flexibility index (Phi) is 7.96. The molecule has 0 saturated carbocycles. The number of benzene rings is 3. The maximum absolute atomic E-state index is 13.7. The Morgan fingerprint density at radius 3 is 2.24 bits per heavy atom. The molecule has 0 aliphatic rings. The Hall–Kier alpha value is -4.79. The Labute approximate surface area is 220 Å². The number of carbonyl (C=O) groups excluding carboxylic acids is 1. The van der Waals surface area contributed by atoms with Gasteiger partial charge in [-0.15, -0.1) is 0 Å². The van der Waals surface area contributed by atoms with Gasteiger partial charge in [0.2, 0.25) is 0 Å². The quantitative estimate of drug-likeness (QED) is 0.248. The summed E-state index contributed by atoms with van der Waals surface area (Å²) < 4.78 is 1.22. The molecule has 0 spiro atoms. The topological polar surface area (TPSA) is 119 Å². The first-order chi connectivity index (χ1) is 18.3. The third-order valence-electron chi connectivity index (χ3n) is 6.22. The highest BCUT2D eigenvalue weighted by atomic mass is 16.3. The highest BCUT2D eigenvalue weighted by Gasteiger charge is 2.22. The molecular weight excluding hydrogens is 482 g/mol. The van der Waals surface area contributed by atoms with E-state index in [0.29, 0.717) is 6.42 Å². The summed E-state index contributed by atoms with van der Waals surface area (Å²) >= 11 is 0. The van der Waals surface area contributed by atoms with Crippen LogP contribution in [-0.2, 0) is 6.54 Å². The first-order valence-corrected chi connectivity index (χ1v) is 12.3. The standard InChI is InChI=1S/C29H31N5O4/c1-4-22(20-14-9-6-10-15-20)30-24-25(31-23-17-11-16-21(26(23)35)28(37)33(2)3)29(38)34(32-27(24)36)18-19-12-7-5-8-13-19/h5-17,22,30-31,35H,4,18H2,1-3H3,(H,32,36)/t22-/m1/s1. The molecule has 4 N–H and O–H groups in total. The summed E-state index contributed by atoms with van der Waals surface area (Å²) in [5, 5.41) is 19.8. The monoisotopic (exact) mass is 513 g/mol. The van der Waals surface area contributed by atoms with Gasteiger partial charge in [0, 0.05) is 14.1 Å². The lowest BCUT2D eigenvalue weighted by Crippen LogP contribution is -2.34. The molecular formula is C29H31N5O4. The van der Waals surface area contributed by atoms with E-state index in [1.54, 1.807) is 26.2 Å². The van der Waals surface area contributed by atoms with Crippen molar-refractivity contribution in [3.63, 3.8) is 0 Å². The number of carbonyl (C=O) groups is 1. The Bertz CT molecular complexity index is 1530. The second kappa shape index (κ2) is 11.5. The van der Waals surface area contributed by atoms with Gasteiger partial charge < -0.3 is 20.6 Å². The minimum atomic E-state index is -0.502. The van der Waals surface area contributed by atoms with Crippen molar-refractivity contribution in [2.24, 2.45) is 0 Å². The molecule has 1 amide bonds. The zero-order chi connectivity index (χ0) is 27.2. The van der Waals surface area contributed by atoms with Gasteiger partial charge in [0.1, 0.15) is 11.4 Å². The summed E-state index contributed by atoms with van der Waals surface area (Å²) in [7, 11) is 3.16. The minimum Gasteiger partial charge on any atom is -0.505 e. The van der Waals surface area contributed by atoms with Gasteiger partial charge in [0.15, 0.2) is 5.75 Å². The highest BCUT2D eigenvalue weighted by Crippen LogP contribution is 2.32. The molecule has 196 valence electrons. The summed E-state index contributed by atoms with van der Waals surface area (Å²) in [5.74, 6) is -0.714. The third-order valence-corrected chi connectivity index (χ3v) is 6.22.